The lowest BCUT2D eigenvalue weighted by atomic mass is 10.2. The van der Waals surface area contributed by atoms with Crippen molar-refractivity contribution >= 4 is 5.52 Å². The molecule has 0 spiro atoms. The van der Waals surface area contributed by atoms with E-state index < -0.39 is 0 Å². The van der Waals surface area contributed by atoms with Gasteiger partial charge in [-0.15, -0.1) is 0 Å². The molecule has 2 rings (SSSR count). The smallest absolute Gasteiger partial charge is 0.116 e. The van der Waals surface area contributed by atoms with Crippen molar-refractivity contribution in [3.63, 3.8) is 0 Å². The molecular weight excluding hydrogens is 198 g/mol. The fourth-order valence-electron chi connectivity index (χ4n) is 1.99. The largest absolute Gasteiger partial charge is 0.300 e. The molecule has 3 nitrogen and oxygen atoms in total. The van der Waals surface area contributed by atoms with Crippen LogP contribution in [0.5, 0.6) is 0 Å². The summed E-state index contributed by atoms with van der Waals surface area (Å²) in [4.78, 5) is 9.08. The highest BCUT2D eigenvalue weighted by atomic mass is 15.0. The number of imidazole rings is 1. The van der Waals surface area contributed by atoms with Gasteiger partial charge in [0.05, 0.1) is 23.1 Å². The fourth-order valence-corrected chi connectivity index (χ4v) is 1.99. The summed E-state index contributed by atoms with van der Waals surface area (Å²) in [7, 11) is 0. The molecule has 0 atom stereocenters. The Hall–Kier alpha value is -1.38. The standard InChI is InChI=1S/C13H19N3/c1-5-6-11-8-16-12(7-14-11)10(4)15-13(16)9(2)3/h7-9H,5-6H2,1-4H3. The van der Waals surface area contributed by atoms with Crippen LogP contribution < -0.4 is 0 Å². The molecule has 2 heterocycles. The Morgan fingerprint density at radius 2 is 2.12 bits per heavy atom. The van der Waals surface area contributed by atoms with E-state index in [0.29, 0.717) is 5.92 Å². The van der Waals surface area contributed by atoms with E-state index in [1.807, 2.05) is 13.1 Å². The van der Waals surface area contributed by atoms with Crippen LogP contribution in [-0.2, 0) is 6.42 Å². The first-order chi connectivity index (χ1) is 7.63. The first-order valence-corrected chi connectivity index (χ1v) is 5.97. The number of aromatic nitrogens is 3. The van der Waals surface area contributed by atoms with Crippen LogP contribution in [0.25, 0.3) is 5.52 Å². The van der Waals surface area contributed by atoms with Gasteiger partial charge >= 0.3 is 0 Å². The third kappa shape index (κ3) is 1.82. The minimum Gasteiger partial charge on any atom is -0.300 e. The van der Waals surface area contributed by atoms with Crippen molar-refractivity contribution in [3.8, 4) is 0 Å². The van der Waals surface area contributed by atoms with Crippen LogP contribution in [0.15, 0.2) is 12.4 Å². The van der Waals surface area contributed by atoms with Crippen molar-refractivity contribution in [2.75, 3.05) is 0 Å². The van der Waals surface area contributed by atoms with E-state index in [4.69, 9.17) is 0 Å². The van der Waals surface area contributed by atoms with E-state index in [-0.39, 0.29) is 0 Å². The maximum Gasteiger partial charge on any atom is 0.116 e. The van der Waals surface area contributed by atoms with Crippen LogP contribution in [0.1, 0.15) is 50.3 Å². The van der Waals surface area contributed by atoms with Gasteiger partial charge < -0.3 is 0 Å². The molecule has 2 aromatic rings. The zero-order valence-corrected chi connectivity index (χ0v) is 10.5. The zero-order chi connectivity index (χ0) is 11.7. The summed E-state index contributed by atoms with van der Waals surface area (Å²) in [5.41, 5.74) is 3.34. The molecule has 0 bridgehead atoms. The molecule has 0 unspecified atom stereocenters. The van der Waals surface area contributed by atoms with Crippen molar-refractivity contribution in [2.24, 2.45) is 0 Å². The molecule has 86 valence electrons. The molecular formula is C13H19N3. The summed E-state index contributed by atoms with van der Waals surface area (Å²) >= 11 is 0. The molecule has 0 amide bonds. The molecule has 2 aromatic heterocycles. The Labute approximate surface area is 96.5 Å². The summed E-state index contributed by atoms with van der Waals surface area (Å²) < 4.78 is 2.19. The molecule has 0 aliphatic carbocycles. The molecule has 0 aliphatic heterocycles. The number of rotatable bonds is 3. The number of fused-ring (bicyclic) bond motifs is 1. The Morgan fingerprint density at radius 1 is 1.38 bits per heavy atom. The quantitative estimate of drug-likeness (QED) is 0.790. The van der Waals surface area contributed by atoms with Gasteiger partial charge in [0, 0.05) is 12.1 Å². The summed E-state index contributed by atoms with van der Waals surface area (Å²) in [6, 6.07) is 0. The van der Waals surface area contributed by atoms with Gasteiger partial charge in [-0.1, -0.05) is 27.2 Å². The second-order valence-corrected chi connectivity index (χ2v) is 4.59. The molecule has 0 saturated heterocycles. The Balaban J connectivity index is 2.60. The van der Waals surface area contributed by atoms with Crippen molar-refractivity contribution in [3.05, 3.63) is 29.6 Å². The number of nitrogens with zero attached hydrogens (tertiary/aromatic N) is 3. The van der Waals surface area contributed by atoms with Crippen molar-refractivity contribution in [2.45, 2.75) is 46.5 Å². The number of hydrogen-bond donors (Lipinski definition) is 0. The highest BCUT2D eigenvalue weighted by Crippen LogP contribution is 2.19. The lowest BCUT2D eigenvalue weighted by molar-refractivity contribution is 0.759. The topological polar surface area (TPSA) is 30.2 Å². The highest BCUT2D eigenvalue weighted by Gasteiger charge is 2.11. The second-order valence-electron chi connectivity index (χ2n) is 4.59. The molecule has 0 N–H and O–H groups in total. The van der Waals surface area contributed by atoms with Gasteiger partial charge in [-0.25, -0.2) is 4.98 Å². The first kappa shape index (κ1) is 11.1. The van der Waals surface area contributed by atoms with E-state index in [1.54, 1.807) is 0 Å². The van der Waals surface area contributed by atoms with Gasteiger partial charge in [0.15, 0.2) is 0 Å². The van der Waals surface area contributed by atoms with Crippen LogP contribution >= 0.6 is 0 Å². The molecule has 16 heavy (non-hydrogen) atoms. The van der Waals surface area contributed by atoms with Crippen molar-refractivity contribution in [1.29, 1.82) is 0 Å². The summed E-state index contributed by atoms with van der Waals surface area (Å²) in [5, 5.41) is 0. The van der Waals surface area contributed by atoms with Crippen LogP contribution in [0.4, 0.5) is 0 Å². The van der Waals surface area contributed by atoms with E-state index in [2.05, 4.69) is 41.3 Å². The maximum absolute atomic E-state index is 4.61. The number of aryl methyl sites for hydroxylation is 2. The lowest BCUT2D eigenvalue weighted by Gasteiger charge is -2.05. The van der Waals surface area contributed by atoms with Crippen molar-refractivity contribution < 1.29 is 0 Å². The average Bonchev–Trinajstić information content (AvgIpc) is 2.57. The van der Waals surface area contributed by atoms with Crippen LogP contribution in [0.2, 0.25) is 0 Å². The third-order valence-electron chi connectivity index (χ3n) is 2.81. The van der Waals surface area contributed by atoms with Gasteiger partial charge in [-0.3, -0.25) is 9.38 Å². The molecule has 0 aliphatic rings. The highest BCUT2D eigenvalue weighted by molar-refractivity contribution is 5.51. The Bertz CT molecular complexity index is 497. The van der Waals surface area contributed by atoms with Crippen LogP contribution in [0, 0.1) is 6.92 Å². The predicted octanol–water partition coefficient (Wildman–Crippen LogP) is 3.11. The Kier molecular flexibility index (Phi) is 2.95. The maximum atomic E-state index is 4.61. The lowest BCUT2D eigenvalue weighted by Crippen LogP contribution is -2.00. The van der Waals surface area contributed by atoms with Gasteiger partial charge in [-0.05, 0) is 13.3 Å². The SMILES string of the molecule is CCCc1cn2c(C(C)C)nc(C)c2cn1. The van der Waals surface area contributed by atoms with Crippen molar-refractivity contribution in [1.82, 2.24) is 14.4 Å². The van der Waals surface area contributed by atoms with E-state index in [9.17, 15) is 0 Å². The van der Waals surface area contributed by atoms with E-state index in [1.165, 1.54) is 0 Å². The van der Waals surface area contributed by atoms with E-state index in [0.717, 1.165) is 35.6 Å². The molecule has 0 radical (unpaired) electrons. The molecule has 0 fully saturated rings. The minimum absolute atomic E-state index is 0.443. The van der Waals surface area contributed by atoms with E-state index >= 15 is 0 Å². The van der Waals surface area contributed by atoms with Crippen LogP contribution in [-0.4, -0.2) is 14.4 Å². The fraction of sp³-hybridized carbons (Fsp3) is 0.538. The summed E-state index contributed by atoms with van der Waals surface area (Å²) in [6.07, 6.45) is 6.24. The molecule has 3 heteroatoms. The van der Waals surface area contributed by atoms with Gasteiger partial charge in [-0.2, -0.15) is 0 Å². The van der Waals surface area contributed by atoms with Gasteiger partial charge in [0.25, 0.3) is 0 Å². The number of hydrogen-bond acceptors (Lipinski definition) is 2. The average molecular weight is 217 g/mol. The Morgan fingerprint density at radius 3 is 2.75 bits per heavy atom. The monoisotopic (exact) mass is 217 g/mol. The normalized spacial score (nSPS) is 11.6. The van der Waals surface area contributed by atoms with Crippen LogP contribution in [0.3, 0.4) is 0 Å². The predicted molar refractivity (Wildman–Crippen MR) is 65.8 cm³/mol. The van der Waals surface area contributed by atoms with Gasteiger partial charge in [0.2, 0.25) is 0 Å². The third-order valence-corrected chi connectivity index (χ3v) is 2.81. The molecule has 0 aromatic carbocycles. The first-order valence-electron chi connectivity index (χ1n) is 5.97. The minimum atomic E-state index is 0.443. The second kappa shape index (κ2) is 4.24. The summed E-state index contributed by atoms with van der Waals surface area (Å²) in [5.74, 6) is 1.57. The zero-order valence-electron chi connectivity index (χ0n) is 10.5. The molecule has 0 saturated carbocycles. The van der Waals surface area contributed by atoms with Gasteiger partial charge in [0.1, 0.15) is 5.82 Å². The summed E-state index contributed by atoms with van der Waals surface area (Å²) in [6.45, 7) is 8.57.